The number of anilines is 4. The van der Waals surface area contributed by atoms with Gasteiger partial charge in [0.05, 0.1) is 10.7 Å². The zero-order valence-electron chi connectivity index (χ0n) is 12.5. The highest BCUT2D eigenvalue weighted by molar-refractivity contribution is 7.11. The third-order valence-electron chi connectivity index (χ3n) is 3.77. The molecule has 0 bridgehead atoms. The van der Waals surface area contributed by atoms with Crippen LogP contribution < -0.4 is 15.7 Å². The van der Waals surface area contributed by atoms with E-state index in [0.717, 1.165) is 32.0 Å². The van der Waals surface area contributed by atoms with Crippen LogP contribution in [0.25, 0.3) is 0 Å². The summed E-state index contributed by atoms with van der Waals surface area (Å²) >= 11 is 13.4. The van der Waals surface area contributed by atoms with E-state index in [1.165, 1.54) is 11.5 Å². The molecule has 3 rings (SSSR count). The van der Waals surface area contributed by atoms with E-state index >= 15 is 0 Å². The van der Waals surface area contributed by atoms with Crippen molar-refractivity contribution in [3.05, 3.63) is 28.2 Å². The summed E-state index contributed by atoms with van der Waals surface area (Å²) in [7, 11) is 2.10. The molecule has 9 heteroatoms. The lowest BCUT2D eigenvalue weighted by atomic mass is 10.3. The Balaban J connectivity index is 1.89. The minimum Gasteiger partial charge on any atom is -0.351 e. The molecule has 1 fully saturated rings. The highest BCUT2D eigenvalue weighted by atomic mass is 35.5. The van der Waals surface area contributed by atoms with E-state index in [2.05, 4.69) is 32.0 Å². The van der Waals surface area contributed by atoms with Crippen LogP contribution in [0.1, 0.15) is 0 Å². The highest BCUT2D eigenvalue weighted by Gasteiger charge is 2.23. The van der Waals surface area contributed by atoms with Crippen LogP contribution in [0.15, 0.2) is 18.2 Å². The molecule has 1 saturated heterocycles. The van der Waals surface area contributed by atoms with E-state index in [1.54, 1.807) is 18.2 Å². The molecular formula is C14H17Cl2N5OS. The molecule has 0 unspecified atom stereocenters. The van der Waals surface area contributed by atoms with Crippen LogP contribution in [-0.4, -0.2) is 47.7 Å². The number of benzene rings is 1. The van der Waals surface area contributed by atoms with Crippen LogP contribution in [-0.2, 0) is 0 Å². The molecule has 0 saturated carbocycles. The Hall–Kier alpha value is -1.25. The average Bonchev–Trinajstić information content (AvgIpc) is 2.93. The SMILES string of the molecule is CN1CCN(c2nsc(NO)c2Nc2ccc(Cl)cc2Cl)CC1. The molecule has 0 aliphatic carbocycles. The molecule has 0 amide bonds. The second-order valence-electron chi connectivity index (χ2n) is 5.36. The minimum absolute atomic E-state index is 0.511. The number of nitrogens with one attached hydrogen (secondary N) is 2. The van der Waals surface area contributed by atoms with E-state index in [9.17, 15) is 5.21 Å². The lowest BCUT2D eigenvalue weighted by Gasteiger charge is -2.33. The minimum atomic E-state index is 0.511. The Morgan fingerprint density at radius 1 is 1.22 bits per heavy atom. The van der Waals surface area contributed by atoms with Crippen molar-refractivity contribution in [1.82, 2.24) is 9.27 Å². The number of aromatic nitrogens is 1. The van der Waals surface area contributed by atoms with Gasteiger partial charge in [-0.2, -0.15) is 4.37 Å². The molecule has 1 aliphatic heterocycles. The summed E-state index contributed by atoms with van der Waals surface area (Å²) in [6.45, 7) is 3.71. The largest absolute Gasteiger partial charge is 0.351 e. The van der Waals surface area contributed by atoms with Crippen molar-refractivity contribution in [2.24, 2.45) is 0 Å². The fourth-order valence-electron chi connectivity index (χ4n) is 2.43. The van der Waals surface area contributed by atoms with Crippen molar-refractivity contribution in [2.45, 2.75) is 0 Å². The molecule has 0 atom stereocenters. The summed E-state index contributed by atoms with van der Waals surface area (Å²) in [5, 5.41) is 14.2. The van der Waals surface area contributed by atoms with E-state index in [1.807, 2.05) is 0 Å². The normalized spacial score (nSPS) is 15.7. The molecule has 1 aromatic carbocycles. The second-order valence-corrected chi connectivity index (χ2v) is 6.98. The Morgan fingerprint density at radius 3 is 2.61 bits per heavy atom. The predicted molar refractivity (Wildman–Crippen MR) is 97.0 cm³/mol. The molecule has 124 valence electrons. The summed E-state index contributed by atoms with van der Waals surface area (Å²) in [5.74, 6) is 0.811. The van der Waals surface area contributed by atoms with Crippen molar-refractivity contribution >= 4 is 56.9 Å². The predicted octanol–water partition coefficient (Wildman–Crippen LogP) is 3.75. The van der Waals surface area contributed by atoms with E-state index in [-0.39, 0.29) is 0 Å². The maximum absolute atomic E-state index is 9.36. The maximum atomic E-state index is 9.36. The van der Waals surface area contributed by atoms with Gasteiger partial charge in [-0.15, -0.1) is 0 Å². The number of halogens is 2. The number of nitrogens with zero attached hydrogens (tertiary/aromatic N) is 3. The zero-order chi connectivity index (χ0) is 16.4. The van der Waals surface area contributed by atoms with Crippen LogP contribution in [0.2, 0.25) is 10.0 Å². The second kappa shape index (κ2) is 7.11. The first-order valence-electron chi connectivity index (χ1n) is 7.14. The van der Waals surface area contributed by atoms with Crippen molar-refractivity contribution < 1.29 is 5.21 Å². The third kappa shape index (κ3) is 3.64. The molecule has 2 heterocycles. The standard InChI is InChI=1S/C14H17Cl2N5OS/c1-20-4-6-21(7-5-20)13-12(14(18-22)23-19-13)17-11-3-2-9(15)8-10(11)16/h2-3,8,17-18,22H,4-7H2,1H3. The Kier molecular flexibility index (Phi) is 5.13. The van der Waals surface area contributed by atoms with Gasteiger partial charge in [0.1, 0.15) is 5.69 Å². The molecule has 0 spiro atoms. The van der Waals surface area contributed by atoms with Gasteiger partial charge < -0.3 is 15.1 Å². The molecule has 3 N–H and O–H groups in total. The fourth-order valence-corrected chi connectivity index (χ4v) is 3.54. The van der Waals surface area contributed by atoms with Crippen LogP contribution in [0.5, 0.6) is 0 Å². The van der Waals surface area contributed by atoms with Gasteiger partial charge >= 0.3 is 0 Å². The van der Waals surface area contributed by atoms with Gasteiger partial charge in [0.2, 0.25) is 0 Å². The van der Waals surface area contributed by atoms with Crippen LogP contribution >= 0.6 is 34.7 Å². The molecule has 1 aromatic heterocycles. The maximum Gasteiger partial charge on any atom is 0.168 e. The molecule has 2 aromatic rings. The number of likely N-dealkylation sites (N-methyl/N-ethyl adjacent to an activating group) is 1. The Morgan fingerprint density at radius 2 is 1.96 bits per heavy atom. The number of hydrogen-bond donors (Lipinski definition) is 3. The highest BCUT2D eigenvalue weighted by Crippen LogP contribution is 2.40. The van der Waals surface area contributed by atoms with Crippen molar-refractivity contribution in [2.75, 3.05) is 48.9 Å². The molecule has 23 heavy (non-hydrogen) atoms. The molecule has 1 aliphatic rings. The van der Waals surface area contributed by atoms with E-state index in [4.69, 9.17) is 23.2 Å². The topological polar surface area (TPSA) is 63.7 Å². The summed E-state index contributed by atoms with van der Waals surface area (Å²) in [6, 6.07) is 5.24. The van der Waals surface area contributed by atoms with Crippen molar-refractivity contribution in [1.29, 1.82) is 0 Å². The summed E-state index contributed by atoms with van der Waals surface area (Å²) < 4.78 is 4.47. The Labute approximate surface area is 148 Å². The van der Waals surface area contributed by atoms with Gasteiger partial charge in [-0.3, -0.25) is 10.7 Å². The summed E-state index contributed by atoms with van der Waals surface area (Å²) in [6.07, 6.45) is 0. The first-order chi connectivity index (χ1) is 11.1. The number of hydrogen-bond acceptors (Lipinski definition) is 7. The molecule has 6 nitrogen and oxygen atoms in total. The van der Waals surface area contributed by atoms with Gasteiger partial charge in [0.25, 0.3) is 0 Å². The third-order valence-corrected chi connectivity index (χ3v) is 5.06. The average molecular weight is 374 g/mol. The first kappa shape index (κ1) is 16.6. The van der Waals surface area contributed by atoms with E-state index in [0.29, 0.717) is 26.4 Å². The molecular weight excluding hydrogens is 357 g/mol. The van der Waals surface area contributed by atoms with Crippen LogP contribution in [0.4, 0.5) is 22.2 Å². The van der Waals surface area contributed by atoms with Gasteiger partial charge in [-0.1, -0.05) is 23.2 Å². The smallest absolute Gasteiger partial charge is 0.168 e. The van der Waals surface area contributed by atoms with Crippen molar-refractivity contribution in [3.63, 3.8) is 0 Å². The molecule has 0 radical (unpaired) electrons. The monoisotopic (exact) mass is 373 g/mol. The fraction of sp³-hybridized carbons (Fsp3) is 0.357. The first-order valence-corrected chi connectivity index (χ1v) is 8.66. The summed E-state index contributed by atoms with van der Waals surface area (Å²) in [4.78, 5) is 4.47. The number of piperazine rings is 1. The Bertz CT molecular complexity index is 688. The van der Waals surface area contributed by atoms with Gasteiger partial charge in [0, 0.05) is 31.2 Å². The lowest BCUT2D eigenvalue weighted by molar-refractivity contribution is 0.312. The quantitative estimate of drug-likeness (QED) is 0.709. The van der Waals surface area contributed by atoms with Gasteiger partial charge in [-0.25, -0.2) is 0 Å². The van der Waals surface area contributed by atoms with E-state index < -0.39 is 0 Å². The van der Waals surface area contributed by atoms with Gasteiger partial charge in [-0.05, 0) is 36.8 Å². The zero-order valence-corrected chi connectivity index (χ0v) is 14.8. The van der Waals surface area contributed by atoms with Crippen LogP contribution in [0.3, 0.4) is 0 Å². The van der Waals surface area contributed by atoms with Gasteiger partial charge in [0.15, 0.2) is 10.8 Å². The van der Waals surface area contributed by atoms with Crippen LogP contribution in [0, 0.1) is 0 Å². The number of rotatable bonds is 4. The van der Waals surface area contributed by atoms with Crippen molar-refractivity contribution in [3.8, 4) is 0 Å². The summed E-state index contributed by atoms with van der Waals surface area (Å²) in [5.41, 5.74) is 3.63. The lowest BCUT2D eigenvalue weighted by Crippen LogP contribution is -2.44.